The molecule has 1 fully saturated rings. The summed E-state index contributed by atoms with van der Waals surface area (Å²) in [6, 6.07) is 16.5. The van der Waals surface area contributed by atoms with Gasteiger partial charge in [-0.15, -0.1) is 0 Å². The Morgan fingerprint density at radius 2 is 1.83 bits per heavy atom. The minimum atomic E-state index is -0.476. The SMILES string of the molecule is COc1ccc(N=C2NC(=O)/C(=C\c3cc(Cl)c(OCc4cccc([N+](=O)[O-])c4)c(Cl)c3)S2)cc1. The van der Waals surface area contributed by atoms with E-state index in [0.29, 0.717) is 32.6 Å². The van der Waals surface area contributed by atoms with E-state index in [0.717, 1.165) is 0 Å². The molecular weight excluding hydrogens is 513 g/mol. The first-order chi connectivity index (χ1) is 16.8. The summed E-state index contributed by atoms with van der Waals surface area (Å²) in [6.07, 6.45) is 1.65. The number of hydrogen-bond donors (Lipinski definition) is 1. The van der Waals surface area contributed by atoms with Gasteiger partial charge in [0.15, 0.2) is 10.9 Å². The first-order valence-electron chi connectivity index (χ1n) is 10.1. The second kappa shape index (κ2) is 10.8. The Bertz CT molecular complexity index is 1340. The van der Waals surface area contributed by atoms with Crippen LogP contribution in [0.5, 0.6) is 11.5 Å². The van der Waals surface area contributed by atoms with Crippen LogP contribution < -0.4 is 14.8 Å². The molecular formula is C24H17Cl2N3O5S. The lowest BCUT2D eigenvalue weighted by molar-refractivity contribution is -0.384. The van der Waals surface area contributed by atoms with Crippen LogP contribution in [0, 0.1) is 10.1 Å². The lowest BCUT2D eigenvalue weighted by Crippen LogP contribution is -2.19. The van der Waals surface area contributed by atoms with E-state index >= 15 is 0 Å². The molecule has 11 heteroatoms. The number of carbonyl (C=O) groups is 1. The lowest BCUT2D eigenvalue weighted by Gasteiger charge is -2.11. The van der Waals surface area contributed by atoms with Crippen molar-refractivity contribution in [1.29, 1.82) is 0 Å². The number of benzene rings is 3. The molecule has 0 aliphatic carbocycles. The zero-order valence-corrected chi connectivity index (χ0v) is 20.5. The molecule has 1 aliphatic rings. The van der Waals surface area contributed by atoms with E-state index in [1.54, 1.807) is 61.7 Å². The zero-order chi connectivity index (χ0) is 24.9. The van der Waals surface area contributed by atoms with Gasteiger partial charge in [0.1, 0.15) is 12.4 Å². The number of aliphatic imine (C=N–C) groups is 1. The molecule has 1 N–H and O–H groups in total. The number of nitro groups is 1. The molecule has 3 aromatic carbocycles. The molecule has 3 aromatic rings. The van der Waals surface area contributed by atoms with Crippen molar-refractivity contribution in [2.45, 2.75) is 6.61 Å². The number of methoxy groups -OCH3 is 1. The third kappa shape index (κ3) is 6.13. The maximum Gasteiger partial charge on any atom is 0.269 e. The summed E-state index contributed by atoms with van der Waals surface area (Å²) in [4.78, 5) is 27.7. The van der Waals surface area contributed by atoms with E-state index in [2.05, 4.69) is 10.3 Å². The second-order valence-corrected chi connectivity index (χ2v) is 9.05. The van der Waals surface area contributed by atoms with Crippen molar-refractivity contribution in [1.82, 2.24) is 5.32 Å². The number of carbonyl (C=O) groups excluding carboxylic acids is 1. The van der Waals surface area contributed by atoms with Crippen molar-refractivity contribution in [3.63, 3.8) is 0 Å². The molecule has 1 aliphatic heterocycles. The highest BCUT2D eigenvalue weighted by Crippen LogP contribution is 2.37. The smallest absolute Gasteiger partial charge is 0.269 e. The topological polar surface area (TPSA) is 103 Å². The van der Waals surface area contributed by atoms with Crippen molar-refractivity contribution < 1.29 is 19.2 Å². The molecule has 0 bridgehead atoms. The molecule has 0 spiro atoms. The summed E-state index contributed by atoms with van der Waals surface area (Å²) < 4.78 is 10.8. The minimum Gasteiger partial charge on any atom is -0.497 e. The Labute approximate surface area is 214 Å². The van der Waals surface area contributed by atoms with E-state index in [1.807, 2.05) is 0 Å². The van der Waals surface area contributed by atoms with Crippen LogP contribution in [0.25, 0.3) is 6.08 Å². The van der Waals surface area contributed by atoms with Gasteiger partial charge in [-0.05, 0) is 65.4 Å². The van der Waals surface area contributed by atoms with Crippen molar-refractivity contribution in [3.05, 3.63) is 96.9 Å². The first-order valence-corrected chi connectivity index (χ1v) is 11.7. The number of nitrogens with zero attached hydrogens (tertiary/aromatic N) is 2. The van der Waals surface area contributed by atoms with Crippen LogP contribution in [-0.4, -0.2) is 23.1 Å². The molecule has 1 heterocycles. The van der Waals surface area contributed by atoms with Crippen molar-refractivity contribution in [3.8, 4) is 11.5 Å². The third-order valence-electron chi connectivity index (χ3n) is 4.78. The Morgan fingerprint density at radius 1 is 1.11 bits per heavy atom. The van der Waals surface area contributed by atoms with Crippen LogP contribution in [0.3, 0.4) is 0 Å². The van der Waals surface area contributed by atoms with Gasteiger partial charge in [0.25, 0.3) is 11.6 Å². The van der Waals surface area contributed by atoms with Crippen LogP contribution in [-0.2, 0) is 11.4 Å². The number of nitro benzene ring substituents is 1. The third-order valence-corrected chi connectivity index (χ3v) is 6.25. The number of ether oxygens (including phenoxy) is 2. The predicted octanol–water partition coefficient (Wildman–Crippen LogP) is 6.38. The molecule has 4 rings (SSSR count). The van der Waals surface area contributed by atoms with E-state index in [4.69, 9.17) is 32.7 Å². The van der Waals surface area contributed by atoms with Gasteiger partial charge in [-0.2, -0.15) is 0 Å². The Morgan fingerprint density at radius 3 is 2.49 bits per heavy atom. The number of non-ortho nitro benzene ring substituents is 1. The summed E-state index contributed by atoms with van der Waals surface area (Å²) in [6.45, 7) is 0.0466. The van der Waals surface area contributed by atoms with Gasteiger partial charge in [0, 0.05) is 12.1 Å². The van der Waals surface area contributed by atoms with Gasteiger partial charge < -0.3 is 14.8 Å². The maximum absolute atomic E-state index is 12.4. The summed E-state index contributed by atoms with van der Waals surface area (Å²) in [5.74, 6) is 0.664. The highest BCUT2D eigenvalue weighted by Gasteiger charge is 2.24. The number of rotatable bonds is 7. The van der Waals surface area contributed by atoms with Crippen LogP contribution in [0.2, 0.25) is 10.0 Å². The molecule has 1 saturated heterocycles. The summed E-state index contributed by atoms with van der Waals surface area (Å²) in [5, 5.41) is 14.6. The highest BCUT2D eigenvalue weighted by molar-refractivity contribution is 8.18. The Hall–Kier alpha value is -3.53. The van der Waals surface area contributed by atoms with Crippen LogP contribution in [0.1, 0.15) is 11.1 Å². The quantitative estimate of drug-likeness (QED) is 0.216. The van der Waals surface area contributed by atoms with Crippen LogP contribution in [0.15, 0.2) is 70.6 Å². The van der Waals surface area contributed by atoms with E-state index < -0.39 is 4.92 Å². The lowest BCUT2D eigenvalue weighted by atomic mass is 10.2. The fraction of sp³-hybridized carbons (Fsp3) is 0.0833. The van der Waals surface area contributed by atoms with E-state index in [9.17, 15) is 14.9 Å². The van der Waals surface area contributed by atoms with Crippen LogP contribution >= 0.6 is 35.0 Å². The molecule has 1 amide bonds. The summed E-state index contributed by atoms with van der Waals surface area (Å²) in [7, 11) is 1.58. The number of amides is 1. The molecule has 178 valence electrons. The van der Waals surface area contributed by atoms with Gasteiger partial charge in [-0.1, -0.05) is 35.3 Å². The number of amidine groups is 1. The molecule has 0 saturated carbocycles. The van der Waals surface area contributed by atoms with Gasteiger partial charge in [0.05, 0.1) is 32.7 Å². The van der Waals surface area contributed by atoms with E-state index in [1.165, 1.54) is 23.9 Å². The maximum atomic E-state index is 12.4. The molecule has 0 unspecified atom stereocenters. The van der Waals surface area contributed by atoms with Crippen LogP contribution in [0.4, 0.5) is 11.4 Å². The largest absolute Gasteiger partial charge is 0.497 e. The number of hydrogen-bond acceptors (Lipinski definition) is 7. The normalized spacial score (nSPS) is 15.3. The standard InChI is InChI=1S/C24H17Cl2N3O5S/c1-33-18-7-5-16(6-8-18)27-24-28-23(30)21(35-24)12-15-10-19(25)22(20(26)11-15)34-13-14-3-2-4-17(9-14)29(31)32/h2-12H,13H2,1H3,(H,27,28,30)/b21-12+. The fourth-order valence-electron chi connectivity index (χ4n) is 3.12. The zero-order valence-electron chi connectivity index (χ0n) is 18.2. The van der Waals surface area contributed by atoms with Gasteiger partial charge in [-0.25, -0.2) is 4.99 Å². The monoisotopic (exact) mass is 529 g/mol. The molecule has 0 radical (unpaired) electrons. The van der Waals surface area contributed by atoms with Gasteiger partial charge >= 0.3 is 0 Å². The molecule has 0 atom stereocenters. The Kier molecular flexibility index (Phi) is 7.60. The summed E-state index contributed by atoms with van der Waals surface area (Å²) in [5.41, 5.74) is 1.84. The molecule has 35 heavy (non-hydrogen) atoms. The molecule has 8 nitrogen and oxygen atoms in total. The van der Waals surface area contributed by atoms with Crippen molar-refractivity contribution in [2.24, 2.45) is 4.99 Å². The first kappa shape index (κ1) is 24.6. The average molecular weight is 530 g/mol. The summed E-state index contributed by atoms with van der Waals surface area (Å²) >= 11 is 13.9. The fourth-order valence-corrected chi connectivity index (χ4v) is 4.58. The molecule has 0 aromatic heterocycles. The number of halogens is 2. The Balaban J connectivity index is 1.48. The van der Waals surface area contributed by atoms with Gasteiger partial charge in [0.2, 0.25) is 0 Å². The average Bonchev–Trinajstić information content (AvgIpc) is 3.17. The number of thioether (sulfide) groups is 1. The predicted molar refractivity (Wildman–Crippen MR) is 138 cm³/mol. The minimum absolute atomic E-state index is 0.0347. The highest BCUT2D eigenvalue weighted by atomic mass is 35.5. The number of nitrogens with one attached hydrogen (secondary N) is 1. The van der Waals surface area contributed by atoms with E-state index in [-0.39, 0.29) is 34.0 Å². The van der Waals surface area contributed by atoms with Gasteiger partial charge in [-0.3, -0.25) is 14.9 Å². The van der Waals surface area contributed by atoms with Crippen molar-refractivity contribution >= 4 is 63.5 Å². The van der Waals surface area contributed by atoms with Crippen molar-refractivity contribution in [2.75, 3.05) is 7.11 Å². The second-order valence-electron chi connectivity index (χ2n) is 7.21.